The molecule has 2 bridgehead atoms. The molecule has 1 saturated heterocycles. The molecular weight excluding hydrogens is 420 g/mol. The highest BCUT2D eigenvalue weighted by molar-refractivity contribution is 6.75. The van der Waals surface area contributed by atoms with E-state index in [0.29, 0.717) is 5.57 Å². The van der Waals surface area contributed by atoms with Gasteiger partial charge in [-0.25, -0.2) is 0 Å². The highest BCUT2D eigenvalue weighted by Gasteiger charge is 2.72. The number of allylic oxidation sites excluding steroid dienone is 1. The molecule has 2 fully saturated rings. The van der Waals surface area contributed by atoms with Crippen LogP contribution in [-0.2, 0) is 23.5 Å². The van der Waals surface area contributed by atoms with E-state index in [9.17, 15) is 9.59 Å². The number of methoxy groups -OCH3 is 1. The van der Waals surface area contributed by atoms with Crippen LogP contribution in [0.2, 0.25) is 18.1 Å². The number of ether oxygens (including phenoxy) is 2. The third-order valence-corrected chi connectivity index (χ3v) is 13.0. The Morgan fingerprint density at radius 2 is 1.94 bits per heavy atom. The SMILES string of the molecule is C=CC1(C)CC[C@H]2C(C)(C)[C@@H]3C=C(C#COC)[C@]2(OC3=O)[C@H]1C(=O)O[Si](C)(C)C(C)(C)C. The molecular formula is C26H38O5Si. The summed E-state index contributed by atoms with van der Waals surface area (Å²) in [6.07, 6.45) is 7.97. The summed E-state index contributed by atoms with van der Waals surface area (Å²) in [4.78, 5) is 27.2. The molecule has 4 aliphatic rings. The third kappa shape index (κ3) is 3.35. The summed E-state index contributed by atoms with van der Waals surface area (Å²) in [5.41, 5.74) is -1.52. The quantitative estimate of drug-likeness (QED) is 0.251. The Kier molecular flexibility index (Phi) is 5.79. The lowest BCUT2D eigenvalue weighted by atomic mass is 9.44. The lowest BCUT2D eigenvalue weighted by molar-refractivity contribution is -0.232. The average molecular weight is 459 g/mol. The Balaban J connectivity index is 2.25. The van der Waals surface area contributed by atoms with Crippen LogP contribution in [0.15, 0.2) is 24.3 Å². The Hall–Kier alpha value is -2.00. The first-order chi connectivity index (χ1) is 14.6. The molecule has 5 nitrogen and oxygen atoms in total. The first-order valence-corrected chi connectivity index (χ1v) is 14.3. The maximum absolute atomic E-state index is 14.1. The zero-order valence-corrected chi connectivity index (χ0v) is 22.0. The van der Waals surface area contributed by atoms with Gasteiger partial charge in [0.2, 0.25) is 0 Å². The van der Waals surface area contributed by atoms with Crippen molar-refractivity contribution in [3.05, 3.63) is 24.3 Å². The van der Waals surface area contributed by atoms with E-state index in [1.165, 1.54) is 7.11 Å². The zero-order chi connectivity index (χ0) is 24.3. The molecule has 0 N–H and O–H groups in total. The largest absolute Gasteiger partial charge is 0.519 e. The van der Waals surface area contributed by atoms with Gasteiger partial charge in [-0.3, -0.25) is 9.59 Å². The van der Waals surface area contributed by atoms with Gasteiger partial charge in [-0.15, -0.1) is 6.58 Å². The van der Waals surface area contributed by atoms with Crippen LogP contribution >= 0.6 is 0 Å². The van der Waals surface area contributed by atoms with Crippen molar-refractivity contribution in [1.29, 1.82) is 0 Å². The van der Waals surface area contributed by atoms with Crippen molar-refractivity contribution in [3.8, 4) is 12.0 Å². The van der Waals surface area contributed by atoms with Crippen LogP contribution in [0.5, 0.6) is 0 Å². The standard InChI is InChI=1S/C26H38O5Si/c1-11-25(7)14-12-19-24(5,6)18-16-17(13-15-29-8)26(19,30-21(18)27)20(25)22(28)31-32(9,10)23(2,3)4/h11,16,18-20H,1,12,14H2,2-10H3/t18-,19+,20+,25?,26-/m1/s1. The second-order valence-electron chi connectivity index (χ2n) is 11.9. The van der Waals surface area contributed by atoms with Gasteiger partial charge >= 0.3 is 11.9 Å². The van der Waals surface area contributed by atoms with Crippen molar-refractivity contribution in [2.24, 2.45) is 28.6 Å². The normalized spacial score (nSPS) is 35.5. The van der Waals surface area contributed by atoms with Crippen molar-refractivity contribution in [1.82, 2.24) is 0 Å². The van der Waals surface area contributed by atoms with Crippen LogP contribution in [0.4, 0.5) is 0 Å². The van der Waals surface area contributed by atoms with E-state index < -0.39 is 31.2 Å². The topological polar surface area (TPSA) is 61.8 Å². The van der Waals surface area contributed by atoms with Gasteiger partial charge in [-0.05, 0) is 42.3 Å². The van der Waals surface area contributed by atoms with E-state index in [1.807, 2.05) is 19.1 Å². The number of carbonyl (C=O) groups excluding carboxylic acids is 2. The lowest BCUT2D eigenvalue weighted by Gasteiger charge is -2.64. The highest BCUT2D eigenvalue weighted by Crippen LogP contribution is 2.66. The number of carbonyl (C=O) groups is 2. The molecule has 176 valence electrons. The van der Waals surface area contributed by atoms with Crippen molar-refractivity contribution >= 4 is 20.3 Å². The van der Waals surface area contributed by atoms with Crippen molar-refractivity contribution in [3.63, 3.8) is 0 Å². The Morgan fingerprint density at radius 1 is 1.31 bits per heavy atom. The van der Waals surface area contributed by atoms with Crippen LogP contribution < -0.4 is 0 Å². The fraction of sp³-hybridized carbons (Fsp3) is 0.692. The van der Waals surface area contributed by atoms with Gasteiger partial charge in [0.1, 0.15) is 12.0 Å². The molecule has 4 rings (SSSR count). The number of esters is 1. The highest BCUT2D eigenvalue weighted by atomic mass is 28.4. The summed E-state index contributed by atoms with van der Waals surface area (Å²) in [7, 11) is -0.924. The molecule has 0 amide bonds. The summed E-state index contributed by atoms with van der Waals surface area (Å²) in [5.74, 6) is 1.25. The molecule has 0 radical (unpaired) electrons. The maximum Gasteiger partial charge on any atom is 0.314 e. The van der Waals surface area contributed by atoms with Gasteiger partial charge in [0.25, 0.3) is 8.32 Å². The fourth-order valence-corrected chi connectivity index (χ4v) is 6.59. The molecule has 5 atom stereocenters. The first-order valence-electron chi connectivity index (χ1n) is 11.4. The Bertz CT molecular complexity index is 928. The molecule has 32 heavy (non-hydrogen) atoms. The molecule has 6 heteroatoms. The minimum absolute atomic E-state index is 0.0613. The average Bonchev–Trinajstić information content (AvgIpc) is 2.64. The Morgan fingerprint density at radius 3 is 2.47 bits per heavy atom. The van der Waals surface area contributed by atoms with E-state index in [-0.39, 0.29) is 28.3 Å². The molecule has 1 saturated carbocycles. The molecule has 0 aromatic heterocycles. The van der Waals surface area contributed by atoms with Gasteiger partial charge in [-0.2, -0.15) is 0 Å². The predicted molar refractivity (Wildman–Crippen MR) is 127 cm³/mol. The lowest BCUT2D eigenvalue weighted by Crippen LogP contribution is -2.71. The second-order valence-corrected chi connectivity index (χ2v) is 16.7. The van der Waals surface area contributed by atoms with Crippen molar-refractivity contribution < 1.29 is 23.5 Å². The van der Waals surface area contributed by atoms with Gasteiger partial charge in [0.05, 0.1) is 13.0 Å². The van der Waals surface area contributed by atoms with E-state index in [1.54, 1.807) is 0 Å². The van der Waals surface area contributed by atoms with Crippen molar-refractivity contribution in [2.45, 2.75) is 78.1 Å². The van der Waals surface area contributed by atoms with Crippen LogP contribution in [0.25, 0.3) is 0 Å². The molecule has 1 unspecified atom stereocenters. The monoisotopic (exact) mass is 458 g/mol. The third-order valence-electron chi connectivity index (χ3n) is 8.71. The van der Waals surface area contributed by atoms with Crippen LogP contribution in [-0.4, -0.2) is 33.0 Å². The van der Waals surface area contributed by atoms with Crippen LogP contribution in [0.1, 0.15) is 54.4 Å². The number of hydrogen-bond donors (Lipinski definition) is 0. The summed E-state index contributed by atoms with van der Waals surface area (Å²) in [6.45, 7) is 20.7. The van der Waals surface area contributed by atoms with Gasteiger partial charge in [0.15, 0.2) is 5.60 Å². The van der Waals surface area contributed by atoms with Crippen LogP contribution in [0, 0.1) is 40.6 Å². The number of rotatable bonds is 3. The first kappa shape index (κ1) is 24.6. The molecule has 2 aliphatic heterocycles. The van der Waals surface area contributed by atoms with Gasteiger partial charge in [0, 0.05) is 16.9 Å². The summed E-state index contributed by atoms with van der Waals surface area (Å²) in [6, 6.07) is 0. The number of fused-ring (bicyclic) bond motifs is 1. The fourth-order valence-electron chi connectivity index (χ4n) is 5.66. The second kappa shape index (κ2) is 7.51. The minimum atomic E-state index is -2.42. The minimum Gasteiger partial charge on any atom is -0.519 e. The molecule has 2 aliphatic carbocycles. The smallest absolute Gasteiger partial charge is 0.314 e. The summed E-state index contributed by atoms with van der Waals surface area (Å²) in [5, 5.41) is -0.145. The van der Waals surface area contributed by atoms with E-state index in [4.69, 9.17) is 13.9 Å². The van der Waals surface area contributed by atoms with Gasteiger partial charge < -0.3 is 13.9 Å². The van der Waals surface area contributed by atoms with Crippen molar-refractivity contribution in [2.75, 3.05) is 7.11 Å². The molecule has 0 aromatic carbocycles. The summed E-state index contributed by atoms with van der Waals surface area (Å²) >= 11 is 0. The van der Waals surface area contributed by atoms with Crippen LogP contribution in [0.3, 0.4) is 0 Å². The van der Waals surface area contributed by atoms with E-state index in [2.05, 4.69) is 66.3 Å². The van der Waals surface area contributed by atoms with E-state index in [0.717, 1.165) is 12.8 Å². The molecule has 2 heterocycles. The predicted octanol–water partition coefficient (Wildman–Crippen LogP) is 5.24. The van der Waals surface area contributed by atoms with Gasteiger partial charge in [-0.1, -0.05) is 53.7 Å². The molecule has 0 aromatic rings. The van der Waals surface area contributed by atoms with E-state index >= 15 is 0 Å². The number of hydrogen-bond acceptors (Lipinski definition) is 5. The summed E-state index contributed by atoms with van der Waals surface area (Å²) < 4.78 is 17.6. The maximum atomic E-state index is 14.1. The zero-order valence-electron chi connectivity index (χ0n) is 21.0. The Labute approximate surface area is 194 Å². The molecule has 1 spiro atoms.